The van der Waals surface area contributed by atoms with Gasteiger partial charge in [-0.15, -0.1) is 0 Å². The number of carbonyl (C=O) groups excluding carboxylic acids is 2. The number of aromatic nitrogens is 1. The van der Waals surface area contributed by atoms with Gasteiger partial charge >= 0.3 is 0 Å². The molecule has 2 saturated heterocycles. The number of rotatable bonds is 3. The molecule has 146 valence electrons. The summed E-state index contributed by atoms with van der Waals surface area (Å²) in [5.41, 5.74) is 7.12. The second-order valence-corrected chi connectivity index (χ2v) is 8.12. The number of benzene rings is 1. The Morgan fingerprint density at radius 2 is 1.89 bits per heavy atom. The van der Waals surface area contributed by atoms with Crippen LogP contribution in [0.4, 0.5) is 5.82 Å². The molecule has 2 aromatic rings. The molecule has 2 aliphatic heterocycles. The van der Waals surface area contributed by atoms with E-state index in [1.165, 1.54) is 0 Å². The van der Waals surface area contributed by atoms with Crippen LogP contribution in [0.5, 0.6) is 0 Å². The highest BCUT2D eigenvalue weighted by Gasteiger charge is 2.45. The second-order valence-electron chi connectivity index (χ2n) is 8.12. The van der Waals surface area contributed by atoms with E-state index < -0.39 is 5.91 Å². The summed E-state index contributed by atoms with van der Waals surface area (Å²) < 4.78 is 0. The lowest BCUT2D eigenvalue weighted by Crippen LogP contribution is -2.53. The van der Waals surface area contributed by atoms with Crippen molar-refractivity contribution in [3.8, 4) is 0 Å². The first-order valence-corrected chi connectivity index (χ1v) is 9.78. The monoisotopic (exact) mass is 378 g/mol. The molecule has 2 aliphatic rings. The van der Waals surface area contributed by atoms with Crippen LogP contribution < -0.4 is 10.6 Å². The van der Waals surface area contributed by atoms with E-state index in [-0.39, 0.29) is 17.2 Å². The largest absolute Gasteiger partial charge is 0.366 e. The van der Waals surface area contributed by atoms with Gasteiger partial charge in [0.2, 0.25) is 11.8 Å². The summed E-state index contributed by atoms with van der Waals surface area (Å²) in [7, 11) is 1.92. The van der Waals surface area contributed by atoms with E-state index >= 15 is 0 Å². The maximum Gasteiger partial charge on any atom is 0.248 e. The summed E-state index contributed by atoms with van der Waals surface area (Å²) in [5.74, 6) is 0.513. The SMILES string of the molecule is CN1CC2(CCN(c3cc(C(N)=O)ccn3)CC2)C[C@@H](c2ccccc2)C1=O. The Hall–Kier alpha value is -2.89. The summed E-state index contributed by atoms with van der Waals surface area (Å²) in [6, 6.07) is 13.5. The minimum absolute atomic E-state index is 0.0668. The maximum absolute atomic E-state index is 12.8. The molecule has 3 heterocycles. The Morgan fingerprint density at radius 3 is 2.57 bits per heavy atom. The molecule has 0 saturated carbocycles. The topological polar surface area (TPSA) is 79.5 Å². The van der Waals surface area contributed by atoms with E-state index in [1.807, 2.05) is 30.1 Å². The molecular weight excluding hydrogens is 352 g/mol. The quantitative estimate of drug-likeness (QED) is 0.890. The van der Waals surface area contributed by atoms with E-state index in [9.17, 15) is 9.59 Å². The molecule has 2 N–H and O–H groups in total. The van der Waals surface area contributed by atoms with Crippen molar-refractivity contribution in [1.82, 2.24) is 9.88 Å². The Bertz CT molecular complexity index is 875. The molecule has 4 rings (SSSR count). The normalized spacial score (nSPS) is 21.8. The Kier molecular flexibility index (Phi) is 4.79. The number of likely N-dealkylation sites (tertiary alicyclic amines) is 1. The van der Waals surface area contributed by atoms with Gasteiger partial charge in [-0.1, -0.05) is 30.3 Å². The van der Waals surface area contributed by atoms with Gasteiger partial charge < -0.3 is 15.5 Å². The van der Waals surface area contributed by atoms with Crippen LogP contribution in [-0.4, -0.2) is 48.4 Å². The molecule has 0 aliphatic carbocycles. The molecule has 0 radical (unpaired) electrons. The first-order chi connectivity index (χ1) is 13.5. The van der Waals surface area contributed by atoms with Gasteiger partial charge in [0.05, 0.1) is 5.92 Å². The molecule has 1 aromatic heterocycles. The molecule has 2 amide bonds. The van der Waals surface area contributed by atoms with Crippen LogP contribution in [0.2, 0.25) is 0 Å². The van der Waals surface area contributed by atoms with Crippen molar-refractivity contribution in [2.75, 3.05) is 31.6 Å². The molecular formula is C22H26N4O2. The van der Waals surface area contributed by atoms with Crippen molar-refractivity contribution >= 4 is 17.6 Å². The molecule has 6 nitrogen and oxygen atoms in total. The lowest BCUT2D eigenvalue weighted by molar-refractivity contribution is -0.138. The van der Waals surface area contributed by atoms with Crippen LogP contribution in [0.1, 0.15) is 41.1 Å². The van der Waals surface area contributed by atoms with Gasteiger partial charge in [0, 0.05) is 38.4 Å². The van der Waals surface area contributed by atoms with Crippen LogP contribution in [-0.2, 0) is 4.79 Å². The number of primary amides is 1. The standard InChI is InChI=1S/C22H26N4O2/c1-25-15-22(14-18(21(25)28)16-5-3-2-4-6-16)8-11-26(12-9-22)19-13-17(20(23)27)7-10-24-19/h2-7,10,13,18H,8-9,11-12,14-15H2,1H3,(H2,23,27)/t18-/m0/s1. The minimum atomic E-state index is -0.435. The van der Waals surface area contributed by atoms with Crippen LogP contribution in [0.15, 0.2) is 48.7 Å². The number of anilines is 1. The fourth-order valence-corrected chi connectivity index (χ4v) is 4.69. The predicted molar refractivity (Wildman–Crippen MR) is 108 cm³/mol. The fourth-order valence-electron chi connectivity index (χ4n) is 4.69. The van der Waals surface area contributed by atoms with Gasteiger partial charge in [-0.25, -0.2) is 4.98 Å². The number of nitrogens with zero attached hydrogens (tertiary/aromatic N) is 3. The number of carbonyl (C=O) groups is 2. The molecule has 0 bridgehead atoms. The predicted octanol–water partition coefficient (Wildman–Crippen LogP) is 2.41. The molecule has 28 heavy (non-hydrogen) atoms. The first kappa shape index (κ1) is 18.5. The van der Waals surface area contributed by atoms with Gasteiger partial charge in [0.1, 0.15) is 5.82 Å². The first-order valence-electron chi connectivity index (χ1n) is 9.78. The molecule has 6 heteroatoms. The van der Waals surface area contributed by atoms with Gasteiger partial charge in [-0.3, -0.25) is 9.59 Å². The summed E-state index contributed by atoms with van der Waals surface area (Å²) in [4.78, 5) is 32.8. The summed E-state index contributed by atoms with van der Waals surface area (Å²) in [6.45, 7) is 2.52. The third kappa shape index (κ3) is 3.46. The number of nitrogens with two attached hydrogens (primary N) is 1. The van der Waals surface area contributed by atoms with Gasteiger partial charge in [-0.2, -0.15) is 0 Å². The average molecular weight is 378 g/mol. The highest BCUT2D eigenvalue weighted by Crippen LogP contribution is 2.45. The van der Waals surface area contributed by atoms with E-state index in [0.717, 1.165) is 50.3 Å². The van der Waals surface area contributed by atoms with E-state index in [0.29, 0.717) is 5.56 Å². The van der Waals surface area contributed by atoms with Gasteiger partial charge in [0.15, 0.2) is 0 Å². The van der Waals surface area contributed by atoms with Crippen molar-refractivity contribution in [2.24, 2.45) is 11.1 Å². The zero-order valence-corrected chi connectivity index (χ0v) is 16.2. The van der Waals surface area contributed by atoms with Crippen LogP contribution in [0.25, 0.3) is 0 Å². The van der Waals surface area contributed by atoms with Crippen molar-refractivity contribution in [2.45, 2.75) is 25.2 Å². The fraction of sp³-hybridized carbons (Fsp3) is 0.409. The third-order valence-electron chi connectivity index (χ3n) is 6.26. The second kappa shape index (κ2) is 7.26. The summed E-state index contributed by atoms with van der Waals surface area (Å²) in [5, 5.41) is 0. The average Bonchev–Trinajstić information content (AvgIpc) is 2.72. The number of pyridine rings is 1. The lowest BCUT2D eigenvalue weighted by atomic mass is 9.68. The lowest BCUT2D eigenvalue weighted by Gasteiger charge is -2.49. The van der Waals surface area contributed by atoms with E-state index in [1.54, 1.807) is 18.3 Å². The van der Waals surface area contributed by atoms with Gasteiger partial charge in [-0.05, 0) is 42.4 Å². The summed E-state index contributed by atoms with van der Waals surface area (Å²) in [6.07, 6.45) is 4.52. The number of likely N-dealkylation sites (N-methyl/N-ethyl adjacent to an activating group) is 1. The minimum Gasteiger partial charge on any atom is -0.366 e. The molecule has 0 unspecified atom stereocenters. The van der Waals surface area contributed by atoms with Crippen molar-refractivity contribution in [1.29, 1.82) is 0 Å². The highest BCUT2D eigenvalue weighted by molar-refractivity contribution is 5.93. The molecule has 2 fully saturated rings. The zero-order chi connectivity index (χ0) is 19.7. The summed E-state index contributed by atoms with van der Waals surface area (Å²) >= 11 is 0. The van der Waals surface area contributed by atoms with Crippen molar-refractivity contribution in [3.63, 3.8) is 0 Å². The molecule has 1 spiro atoms. The van der Waals surface area contributed by atoms with Crippen molar-refractivity contribution < 1.29 is 9.59 Å². The van der Waals surface area contributed by atoms with Crippen LogP contribution in [0.3, 0.4) is 0 Å². The van der Waals surface area contributed by atoms with Crippen molar-refractivity contribution in [3.05, 3.63) is 59.8 Å². The third-order valence-corrected chi connectivity index (χ3v) is 6.26. The van der Waals surface area contributed by atoms with Crippen LogP contribution in [0, 0.1) is 5.41 Å². The highest BCUT2D eigenvalue weighted by atomic mass is 16.2. The zero-order valence-electron chi connectivity index (χ0n) is 16.2. The smallest absolute Gasteiger partial charge is 0.248 e. The number of amides is 2. The Morgan fingerprint density at radius 1 is 1.18 bits per heavy atom. The van der Waals surface area contributed by atoms with Crippen LogP contribution >= 0.6 is 0 Å². The Labute approximate surface area is 165 Å². The molecule has 1 aromatic carbocycles. The number of hydrogen-bond donors (Lipinski definition) is 1. The van der Waals surface area contributed by atoms with E-state index in [2.05, 4.69) is 22.0 Å². The van der Waals surface area contributed by atoms with Gasteiger partial charge in [0.25, 0.3) is 0 Å². The Balaban J connectivity index is 1.51. The number of hydrogen-bond acceptors (Lipinski definition) is 4. The van der Waals surface area contributed by atoms with E-state index in [4.69, 9.17) is 5.73 Å². The maximum atomic E-state index is 12.8. The molecule has 1 atom stereocenters. The number of piperidine rings is 2.